The lowest BCUT2D eigenvalue weighted by Crippen LogP contribution is -2.07. The Kier molecular flexibility index (Phi) is 7.30. The molecule has 0 aliphatic carbocycles. The van der Waals surface area contributed by atoms with Gasteiger partial charge in [-0.15, -0.1) is 0 Å². The van der Waals surface area contributed by atoms with Crippen LogP contribution in [0.1, 0.15) is 39.7 Å². The van der Waals surface area contributed by atoms with Crippen molar-refractivity contribution in [3.63, 3.8) is 0 Å². The van der Waals surface area contributed by atoms with Gasteiger partial charge in [-0.3, -0.25) is 0 Å². The third kappa shape index (κ3) is 4.92. The van der Waals surface area contributed by atoms with Gasteiger partial charge in [0.2, 0.25) is 0 Å². The van der Waals surface area contributed by atoms with Crippen molar-refractivity contribution in [1.29, 1.82) is 0 Å². The van der Waals surface area contributed by atoms with Crippen molar-refractivity contribution in [1.82, 2.24) is 0 Å². The van der Waals surface area contributed by atoms with Crippen LogP contribution in [0.5, 0.6) is 5.75 Å². The SMILES string of the molecule is CC.CC(C)Oc1ccc(Br)cc1C(F)F. The summed E-state index contributed by atoms with van der Waals surface area (Å²) in [5, 5.41) is 0. The Hall–Kier alpha value is -0.640. The molecule has 0 saturated heterocycles. The second-order valence-electron chi connectivity index (χ2n) is 3.15. The summed E-state index contributed by atoms with van der Waals surface area (Å²) in [5.41, 5.74) is -0.0759. The molecule has 92 valence electrons. The van der Waals surface area contributed by atoms with Crippen LogP contribution in [-0.4, -0.2) is 6.10 Å². The number of alkyl halides is 2. The van der Waals surface area contributed by atoms with Crippen molar-refractivity contribution in [3.8, 4) is 5.75 Å². The molecule has 0 fully saturated rings. The lowest BCUT2D eigenvalue weighted by molar-refractivity contribution is 0.141. The van der Waals surface area contributed by atoms with Gasteiger partial charge in [0.1, 0.15) is 5.75 Å². The van der Waals surface area contributed by atoms with Gasteiger partial charge in [-0.2, -0.15) is 0 Å². The van der Waals surface area contributed by atoms with Crippen LogP contribution in [-0.2, 0) is 0 Å². The van der Waals surface area contributed by atoms with E-state index in [1.807, 2.05) is 13.8 Å². The fourth-order valence-electron chi connectivity index (χ4n) is 1.05. The van der Waals surface area contributed by atoms with Crippen molar-refractivity contribution in [2.24, 2.45) is 0 Å². The van der Waals surface area contributed by atoms with E-state index < -0.39 is 6.43 Å². The normalized spacial score (nSPS) is 10.1. The quantitative estimate of drug-likeness (QED) is 0.744. The van der Waals surface area contributed by atoms with Crippen molar-refractivity contribution < 1.29 is 13.5 Å². The Morgan fingerprint density at radius 1 is 1.19 bits per heavy atom. The molecule has 0 spiro atoms. The summed E-state index contributed by atoms with van der Waals surface area (Å²) in [5.74, 6) is 0.248. The summed E-state index contributed by atoms with van der Waals surface area (Å²) < 4.78 is 31.0. The predicted molar refractivity (Wildman–Crippen MR) is 66.2 cm³/mol. The van der Waals surface area contributed by atoms with Gasteiger partial charge in [-0.1, -0.05) is 29.8 Å². The predicted octanol–water partition coefficient (Wildman–Crippen LogP) is 5.20. The Morgan fingerprint density at radius 2 is 1.75 bits per heavy atom. The van der Waals surface area contributed by atoms with Crippen LogP contribution in [0.25, 0.3) is 0 Å². The van der Waals surface area contributed by atoms with Crippen LogP contribution in [0.4, 0.5) is 8.78 Å². The number of rotatable bonds is 3. The summed E-state index contributed by atoms with van der Waals surface area (Å²) in [4.78, 5) is 0. The maximum atomic E-state index is 12.6. The highest BCUT2D eigenvalue weighted by molar-refractivity contribution is 9.10. The Bertz CT molecular complexity index is 314. The number of benzene rings is 1. The fourth-order valence-corrected chi connectivity index (χ4v) is 1.43. The van der Waals surface area contributed by atoms with Gasteiger partial charge in [0, 0.05) is 4.47 Å². The van der Waals surface area contributed by atoms with E-state index in [2.05, 4.69) is 15.9 Å². The zero-order chi connectivity index (χ0) is 12.7. The molecule has 16 heavy (non-hydrogen) atoms. The fraction of sp³-hybridized carbons (Fsp3) is 0.500. The first-order chi connectivity index (χ1) is 7.50. The molecule has 0 aliphatic heterocycles. The van der Waals surface area contributed by atoms with Gasteiger partial charge < -0.3 is 4.74 Å². The molecule has 0 aromatic heterocycles. The molecule has 1 rings (SSSR count). The molecule has 0 heterocycles. The molecule has 0 aliphatic rings. The van der Waals surface area contributed by atoms with Crippen LogP contribution in [0.15, 0.2) is 22.7 Å². The highest BCUT2D eigenvalue weighted by Crippen LogP contribution is 2.32. The maximum Gasteiger partial charge on any atom is 0.267 e. The summed E-state index contributed by atoms with van der Waals surface area (Å²) in [7, 11) is 0. The largest absolute Gasteiger partial charge is 0.491 e. The summed E-state index contributed by atoms with van der Waals surface area (Å²) in [6.45, 7) is 7.61. The standard InChI is InChI=1S/C10H11BrF2O.C2H6/c1-6(2)14-9-4-3-7(11)5-8(9)10(12)13;1-2/h3-6,10H,1-2H3;1-2H3. The summed E-state index contributed by atoms with van der Waals surface area (Å²) in [6.07, 6.45) is -2.62. The van der Waals surface area contributed by atoms with E-state index in [-0.39, 0.29) is 17.4 Å². The number of ether oxygens (including phenoxy) is 1. The molecule has 0 atom stereocenters. The Morgan fingerprint density at radius 3 is 2.19 bits per heavy atom. The van der Waals surface area contributed by atoms with Crippen LogP contribution in [0.3, 0.4) is 0 Å². The molecule has 0 bridgehead atoms. The molecule has 0 unspecified atom stereocenters. The van der Waals surface area contributed by atoms with Crippen molar-refractivity contribution in [2.45, 2.75) is 40.2 Å². The first-order valence-corrected chi connectivity index (χ1v) is 6.04. The minimum absolute atomic E-state index is 0.0759. The molecular formula is C12H17BrF2O. The van der Waals surface area contributed by atoms with Crippen molar-refractivity contribution in [2.75, 3.05) is 0 Å². The second kappa shape index (κ2) is 7.60. The van der Waals surface area contributed by atoms with E-state index in [9.17, 15) is 8.78 Å². The molecular weight excluding hydrogens is 278 g/mol. The molecule has 1 aromatic carbocycles. The third-order valence-corrected chi connectivity index (χ3v) is 2.06. The molecule has 1 nitrogen and oxygen atoms in total. The molecule has 0 radical (unpaired) electrons. The third-order valence-electron chi connectivity index (χ3n) is 1.57. The molecule has 1 aromatic rings. The van der Waals surface area contributed by atoms with E-state index >= 15 is 0 Å². The molecule has 0 saturated carbocycles. The maximum absolute atomic E-state index is 12.6. The van der Waals surface area contributed by atoms with Crippen LogP contribution < -0.4 is 4.74 Å². The van der Waals surface area contributed by atoms with Crippen molar-refractivity contribution in [3.05, 3.63) is 28.2 Å². The van der Waals surface area contributed by atoms with Crippen molar-refractivity contribution >= 4 is 15.9 Å². The average molecular weight is 295 g/mol. The van der Waals surface area contributed by atoms with E-state index in [0.29, 0.717) is 4.47 Å². The minimum Gasteiger partial charge on any atom is -0.491 e. The monoisotopic (exact) mass is 294 g/mol. The number of halogens is 3. The van der Waals surface area contributed by atoms with E-state index in [1.54, 1.807) is 26.0 Å². The van der Waals surface area contributed by atoms with Crippen LogP contribution in [0, 0.1) is 0 Å². The van der Waals surface area contributed by atoms with Gasteiger partial charge in [-0.25, -0.2) is 8.78 Å². The van der Waals surface area contributed by atoms with Crippen LogP contribution >= 0.6 is 15.9 Å². The van der Waals surface area contributed by atoms with E-state index in [0.717, 1.165) is 0 Å². The highest BCUT2D eigenvalue weighted by atomic mass is 79.9. The lowest BCUT2D eigenvalue weighted by atomic mass is 10.2. The Labute approximate surface area is 104 Å². The highest BCUT2D eigenvalue weighted by Gasteiger charge is 2.15. The first kappa shape index (κ1) is 15.4. The summed E-state index contributed by atoms with van der Waals surface area (Å²) in [6, 6.07) is 4.61. The minimum atomic E-state index is -2.51. The number of hydrogen-bond donors (Lipinski definition) is 0. The van der Waals surface area contributed by atoms with Crippen LogP contribution in [0.2, 0.25) is 0 Å². The van der Waals surface area contributed by atoms with Gasteiger partial charge >= 0.3 is 0 Å². The lowest BCUT2D eigenvalue weighted by Gasteiger charge is -2.13. The zero-order valence-corrected chi connectivity index (χ0v) is 11.5. The van der Waals surface area contributed by atoms with Gasteiger partial charge in [0.15, 0.2) is 0 Å². The van der Waals surface area contributed by atoms with E-state index in [4.69, 9.17) is 4.74 Å². The smallest absolute Gasteiger partial charge is 0.267 e. The molecule has 0 amide bonds. The molecule has 0 N–H and O–H groups in total. The van der Waals surface area contributed by atoms with Gasteiger partial charge in [-0.05, 0) is 32.0 Å². The summed E-state index contributed by atoms with van der Waals surface area (Å²) >= 11 is 3.14. The molecule has 4 heteroatoms. The topological polar surface area (TPSA) is 9.23 Å². The number of hydrogen-bond acceptors (Lipinski definition) is 1. The Balaban J connectivity index is 0.00000106. The zero-order valence-electron chi connectivity index (χ0n) is 9.93. The average Bonchev–Trinajstić information content (AvgIpc) is 2.23. The second-order valence-corrected chi connectivity index (χ2v) is 4.07. The van der Waals surface area contributed by atoms with E-state index in [1.165, 1.54) is 6.07 Å². The van der Waals surface area contributed by atoms with Gasteiger partial charge in [0.05, 0.1) is 11.7 Å². The van der Waals surface area contributed by atoms with Gasteiger partial charge in [0.25, 0.3) is 6.43 Å². The first-order valence-electron chi connectivity index (χ1n) is 5.25.